The molecule has 17 heavy (non-hydrogen) atoms. The number of para-hydroxylation sites is 1. The van der Waals surface area contributed by atoms with E-state index >= 15 is 0 Å². The second-order valence-corrected chi connectivity index (χ2v) is 4.26. The predicted molar refractivity (Wildman–Crippen MR) is 71.5 cm³/mol. The SMILES string of the molecule is C[n+]1c2ccccc2cc2c(N)c(N)ccc21. The normalized spacial score (nSPS) is 11.1. The number of aromatic nitrogens is 1. The quantitative estimate of drug-likeness (QED) is 0.348. The smallest absolute Gasteiger partial charge is 0.215 e. The molecule has 0 aliphatic rings. The van der Waals surface area contributed by atoms with Crippen molar-refractivity contribution < 1.29 is 4.57 Å². The summed E-state index contributed by atoms with van der Waals surface area (Å²) in [6, 6.07) is 14.2. The average molecular weight is 224 g/mol. The van der Waals surface area contributed by atoms with Gasteiger partial charge in [-0.3, -0.25) is 0 Å². The van der Waals surface area contributed by atoms with Gasteiger partial charge in [0, 0.05) is 17.5 Å². The molecule has 2 aromatic carbocycles. The minimum absolute atomic E-state index is 0.632. The Labute approximate surface area is 99.3 Å². The molecule has 0 fully saturated rings. The fraction of sp³-hybridized carbons (Fsp3) is 0.0714. The molecule has 0 unspecified atom stereocenters. The third-order valence-electron chi connectivity index (χ3n) is 3.26. The van der Waals surface area contributed by atoms with Crippen LogP contribution in [0.15, 0.2) is 42.5 Å². The number of nitrogen functional groups attached to an aromatic ring is 2. The zero-order chi connectivity index (χ0) is 12.0. The van der Waals surface area contributed by atoms with E-state index < -0.39 is 0 Å². The predicted octanol–water partition coefficient (Wildman–Crippen LogP) is 1.98. The maximum absolute atomic E-state index is 6.04. The molecule has 3 nitrogen and oxygen atoms in total. The minimum Gasteiger partial charge on any atom is -0.397 e. The summed E-state index contributed by atoms with van der Waals surface area (Å²) in [6.45, 7) is 0. The molecule has 0 atom stereocenters. The maximum atomic E-state index is 6.04. The standard InChI is InChI=1S/C14H13N3/c1-17-12-5-3-2-4-9(12)8-10-13(17)7-6-11(15)14(10)16/h2-8,16H,15H2,1H3/p+1. The number of rotatable bonds is 0. The summed E-state index contributed by atoms with van der Waals surface area (Å²) in [7, 11) is 2.04. The van der Waals surface area contributed by atoms with Crippen LogP contribution in [0.2, 0.25) is 0 Å². The van der Waals surface area contributed by atoms with E-state index in [0.29, 0.717) is 11.4 Å². The van der Waals surface area contributed by atoms with Crippen LogP contribution in [0.4, 0.5) is 11.4 Å². The van der Waals surface area contributed by atoms with Gasteiger partial charge in [-0.2, -0.15) is 4.57 Å². The molecule has 0 saturated carbocycles. The molecule has 3 aromatic rings. The number of anilines is 2. The van der Waals surface area contributed by atoms with Crippen LogP contribution in [0.5, 0.6) is 0 Å². The van der Waals surface area contributed by atoms with E-state index in [2.05, 4.69) is 22.8 Å². The number of pyridine rings is 1. The molecule has 1 aromatic heterocycles. The van der Waals surface area contributed by atoms with Gasteiger partial charge >= 0.3 is 0 Å². The number of benzene rings is 2. The van der Waals surface area contributed by atoms with Crippen molar-refractivity contribution in [2.75, 3.05) is 11.5 Å². The van der Waals surface area contributed by atoms with Crippen molar-refractivity contribution in [2.45, 2.75) is 0 Å². The lowest BCUT2D eigenvalue weighted by Gasteiger charge is -2.06. The van der Waals surface area contributed by atoms with Gasteiger partial charge in [-0.05, 0) is 18.2 Å². The average Bonchev–Trinajstić information content (AvgIpc) is 2.35. The monoisotopic (exact) mass is 224 g/mol. The Morgan fingerprint density at radius 2 is 1.71 bits per heavy atom. The summed E-state index contributed by atoms with van der Waals surface area (Å²) in [6.07, 6.45) is 0. The number of nitrogens with two attached hydrogens (primary N) is 2. The molecular formula is C14H14N3+. The molecule has 4 N–H and O–H groups in total. The minimum atomic E-state index is 0.632. The van der Waals surface area contributed by atoms with Crippen molar-refractivity contribution in [2.24, 2.45) is 7.05 Å². The molecule has 0 aliphatic carbocycles. The summed E-state index contributed by atoms with van der Waals surface area (Å²) >= 11 is 0. The first-order valence-corrected chi connectivity index (χ1v) is 5.54. The Bertz CT molecular complexity index is 732. The van der Waals surface area contributed by atoms with Crippen molar-refractivity contribution in [3.63, 3.8) is 0 Å². The number of hydrogen-bond donors (Lipinski definition) is 2. The van der Waals surface area contributed by atoms with Gasteiger partial charge < -0.3 is 11.5 Å². The molecule has 3 heteroatoms. The van der Waals surface area contributed by atoms with E-state index in [-0.39, 0.29) is 0 Å². The van der Waals surface area contributed by atoms with Crippen LogP contribution >= 0.6 is 0 Å². The molecule has 0 aliphatic heterocycles. The highest BCUT2D eigenvalue weighted by atomic mass is 14.9. The molecule has 84 valence electrons. The first kappa shape index (κ1) is 9.90. The van der Waals surface area contributed by atoms with Crippen molar-refractivity contribution >= 4 is 33.2 Å². The van der Waals surface area contributed by atoms with Crippen LogP contribution in [0, 0.1) is 0 Å². The largest absolute Gasteiger partial charge is 0.397 e. The number of hydrogen-bond acceptors (Lipinski definition) is 2. The Balaban J connectivity index is 2.59. The molecule has 0 bridgehead atoms. The van der Waals surface area contributed by atoms with Crippen LogP contribution in [-0.2, 0) is 7.05 Å². The fourth-order valence-electron chi connectivity index (χ4n) is 2.29. The van der Waals surface area contributed by atoms with E-state index in [0.717, 1.165) is 10.9 Å². The lowest BCUT2D eigenvalue weighted by molar-refractivity contribution is -0.617. The summed E-state index contributed by atoms with van der Waals surface area (Å²) in [5, 5.41) is 2.17. The first-order valence-electron chi connectivity index (χ1n) is 5.54. The van der Waals surface area contributed by atoms with E-state index in [1.807, 2.05) is 31.3 Å². The Hall–Kier alpha value is -2.29. The fourth-order valence-corrected chi connectivity index (χ4v) is 2.29. The van der Waals surface area contributed by atoms with Crippen LogP contribution in [-0.4, -0.2) is 0 Å². The van der Waals surface area contributed by atoms with Crippen molar-refractivity contribution in [1.29, 1.82) is 0 Å². The van der Waals surface area contributed by atoms with Crippen molar-refractivity contribution in [1.82, 2.24) is 0 Å². The molecule has 0 spiro atoms. The second kappa shape index (κ2) is 3.35. The van der Waals surface area contributed by atoms with Gasteiger partial charge in [0.25, 0.3) is 0 Å². The highest BCUT2D eigenvalue weighted by molar-refractivity contribution is 5.99. The van der Waals surface area contributed by atoms with Gasteiger partial charge in [-0.15, -0.1) is 0 Å². The van der Waals surface area contributed by atoms with Crippen LogP contribution in [0.25, 0.3) is 21.8 Å². The summed E-state index contributed by atoms with van der Waals surface area (Å²) in [4.78, 5) is 0. The molecule has 0 radical (unpaired) electrons. The summed E-state index contributed by atoms with van der Waals surface area (Å²) in [5.41, 5.74) is 15.5. The third kappa shape index (κ3) is 1.32. The highest BCUT2D eigenvalue weighted by Gasteiger charge is 2.13. The number of nitrogens with zero attached hydrogens (tertiary/aromatic N) is 1. The van der Waals surface area contributed by atoms with E-state index in [1.54, 1.807) is 0 Å². The topological polar surface area (TPSA) is 55.9 Å². The van der Waals surface area contributed by atoms with E-state index in [1.165, 1.54) is 10.9 Å². The second-order valence-electron chi connectivity index (χ2n) is 4.26. The summed E-state index contributed by atoms with van der Waals surface area (Å²) < 4.78 is 2.14. The Morgan fingerprint density at radius 3 is 2.53 bits per heavy atom. The van der Waals surface area contributed by atoms with Crippen LogP contribution in [0.3, 0.4) is 0 Å². The zero-order valence-electron chi connectivity index (χ0n) is 9.64. The van der Waals surface area contributed by atoms with Crippen molar-refractivity contribution in [3.05, 3.63) is 42.5 Å². The van der Waals surface area contributed by atoms with Gasteiger partial charge in [0.2, 0.25) is 11.0 Å². The molecule has 0 amide bonds. The Kier molecular flexibility index (Phi) is 1.95. The van der Waals surface area contributed by atoms with Crippen LogP contribution < -0.4 is 16.0 Å². The first-order chi connectivity index (χ1) is 8.18. The van der Waals surface area contributed by atoms with Gasteiger partial charge in [0.15, 0.2) is 0 Å². The number of fused-ring (bicyclic) bond motifs is 2. The van der Waals surface area contributed by atoms with Crippen LogP contribution in [0.1, 0.15) is 0 Å². The lowest BCUT2D eigenvalue weighted by Crippen LogP contribution is -2.30. The third-order valence-corrected chi connectivity index (χ3v) is 3.26. The van der Waals surface area contributed by atoms with Crippen molar-refractivity contribution in [3.8, 4) is 0 Å². The Morgan fingerprint density at radius 1 is 0.941 bits per heavy atom. The highest BCUT2D eigenvalue weighted by Crippen LogP contribution is 2.27. The van der Waals surface area contributed by atoms with Gasteiger partial charge in [-0.25, -0.2) is 0 Å². The molecular weight excluding hydrogens is 210 g/mol. The zero-order valence-corrected chi connectivity index (χ0v) is 9.64. The molecule has 3 rings (SSSR count). The maximum Gasteiger partial charge on any atom is 0.215 e. The molecule has 0 saturated heterocycles. The van der Waals surface area contributed by atoms with Gasteiger partial charge in [0.1, 0.15) is 7.05 Å². The number of aryl methyl sites for hydroxylation is 1. The van der Waals surface area contributed by atoms with E-state index in [9.17, 15) is 0 Å². The lowest BCUT2D eigenvalue weighted by atomic mass is 10.1. The van der Waals surface area contributed by atoms with Gasteiger partial charge in [0.05, 0.1) is 16.8 Å². The molecule has 1 heterocycles. The van der Waals surface area contributed by atoms with Gasteiger partial charge in [-0.1, -0.05) is 12.1 Å². The summed E-state index contributed by atoms with van der Waals surface area (Å²) in [5.74, 6) is 0. The van der Waals surface area contributed by atoms with E-state index in [4.69, 9.17) is 11.5 Å².